The first-order chi connectivity index (χ1) is 31.1. The summed E-state index contributed by atoms with van der Waals surface area (Å²) in [7, 11) is 8.26. The number of nitro groups is 2. The molecule has 4 saturated heterocycles. The maximum absolute atomic E-state index is 14.8. The Kier molecular flexibility index (Phi) is 17.6. The number of nitrogens with one attached hydrogen (secondary N) is 3. The first-order valence-electron chi connectivity index (χ1n) is 21.8. The van der Waals surface area contributed by atoms with Crippen molar-refractivity contribution in [3.05, 3.63) is 72.9 Å². The van der Waals surface area contributed by atoms with Gasteiger partial charge in [0.15, 0.2) is 0 Å². The van der Waals surface area contributed by atoms with E-state index in [-0.39, 0.29) is 44.7 Å². The normalized spacial score (nSPS) is 18.5. The summed E-state index contributed by atoms with van der Waals surface area (Å²) in [6.07, 6.45) is 0. The lowest BCUT2D eigenvalue weighted by Gasteiger charge is -2.33. The van der Waals surface area contributed by atoms with Crippen LogP contribution in [0.5, 0.6) is 0 Å². The minimum Gasteiger partial charge on any atom is -0.377 e. The van der Waals surface area contributed by atoms with Crippen LogP contribution in [0, 0.1) is 43.5 Å². The fraction of sp³-hybridized carbons (Fsp3) is 0.571. The van der Waals surface area contributed by atoms with Crippen molar-refractivity contribution in [2.75, 3.05) is 175 Å². The van der Waals surface area contributed by atoms with Crippen molar-refractivity contribution in [2.24, 2.45) is 0 Å². The predicted molar refractivity (Wildman–Crippen MR) is 247 cm³/mol. The van der Waals surface area contributed by atoms with Crippen LogP contribution >= 0.6 is 11.6 Å². The number of likely N-dealkylation sites (N-methyl/N-ethyl adjacent to an activating group) is 4. The number of rotatable bonds is 11. The van der Waals surface area contributed by atoms with E-state index in [1.807, 2.05) is 19.0 Å². The lowest BCUT2D eigenvalue weighted by Crippen LogP contribution is -2.46. The topological polar surface area (TPSA) is 171 Å². The van der Waals surface area contributed by atoms with E-state index >= 15 is 0 Å². The van der Waals surface area contributed by atoms with Crippen molar-refractivity contribution in [3.8, 4) is 0 Å². The zero-order valence-electron chi connectivity index (χ0n) is 37.4. The SMILES string of the molecule is CN1CCN(CCNc2c([N+](=O)[O-])c(Cl)nc3cc(F)cc(F)c23)CC1.CN1CCN(CCNc2c([N+](=O)[O-])c(N3CCN(C)CC3)nc3cc(F)cc(F)c23)CC1.CN1CCNCC1. The quantitative estimate of drug-likeness (QED) is 0.0850. The number of anilines is 3. The van der Waals surface area contributed by atoms with E-state index in [9.17, 15) is 37.8 Å². The molecule has 0 aliphatic carbocycles. The van der Waals surface area contributed by atoms with Crippen LogP contribution in [-0.2, 0) is 0 Å². The minimum atomic E-state index is -0.922. The molecular formula is C42H59ClF4N14O4. The Morgan fingerprint density at radius 2 is 1.00 bits per heavy atom. The molecule has 4 aliphatic heterocycles. The molecule has 356 valence electrons. The second-order valence-corrected chi connectivity index (χ2v) is 17.2. The summed E-state index contributed by atoms with van der Waals surface area (Å²) < 4.78 is 56.6. The zero-order chi connectivity index (χ0) is 46.8. The highest BCUT2D eigenvalue weighted by atomic mass is 35.5. The average molecular weight is 935 g/mol. The lowest BCUT2D eigenvalue weighted by molar-refractivity contribution is -0.384. The molecule has 0 atom stereocenters. The van der Waals surface area contributed by atoms with Crippen molar-refractivity contribution in [1.82, 2.24) is 44.7 Å². The molecule has 0 bridgehead atoms. The molecule has 4 fully saturated rings. The van der Waals surface area contributed by atoms with E-state index in [0.29, 0.717) is 45.3 Å². The van der Waals surface area contributed by atoms with Crippen molar-refractivity contribution >= 4 is 62.0 Å². The van der Waals surface area contributed by atoms with E-state index in [1.165, 1.54) is 13.1 Å². The molecule has 2 aromatic carbocycles. The van der Waals surface area contributed by atoms with E-state index in [2.05, 4.69) is 69.4 Å². The van der Waals surface area contributed by atoms with E-state index < -0.39 is 44.0 Å². The molecule has 18 nitrogen and oxygen atoms in total. The molecule has 0 amide bonds. The largest absolute Gasteiger partial charge is 0.377 e. The van der Waals surface area contributed by atoms with Gasteiger partial charge in [-0.25, -0.2) is 27.5 Å². The summed E-state index contributed by atoms with van der Waals surface area (Å²) in [6, 6.07) is 3.55. The summed E-state index contributed by atoms with van der Waals surface area (Å²) >= 11 is 5.90. The third-order valence-corrected chi connectivity index (χ3v) is 12.3. The van der Waals surface area contributed by atoms with Gasteiger partial charge >= 0.3 is 11.4 Å². The molecule has 0 radical (unpaired) electrons. The predicted octanol–water partition coefficient (Wildman–Crippen LogP) is 4.09. The van der Waals surface area contributed by atoms with Crippen molar-refractivity contribution < 1.29 is 27.4 Å². The first-order valence-corrected chi connectivity index (χ1v) is 22.2. The van der Waals surface area contributed by atoms with E-state index in [0.717, 1.165) is 96.7 Å². The molecular weight excluding hydrogens is 876 g/mol. The molecule has 3 N–H and O–H groups in total. The van der Waals surface area contributed by atoms with Gasteiger partial charge in [-0.1, -0.05) is 11.6 Å². The number of piperazine rings is 4. The van der Waals surface area contributed by atoms with Gasteiger partial charge in [-0.3, -0.25) is 30.0 Å². The third kappa shape index (κ3) is 13.2. The van der Waals surface area contributed by atoms with Crippen molar-refractivity contribution in [2.45, 2.75) is 0 Å². The van der Waals surface area contributed by atoms with Crippen LogP contribution in [0.3, 0.4) is 0 Å². The summed E-state index contributed by atoms with van der Waals surface area (Å²) in [5.74, 6) is -3.21. The first kappa shape index (κ1) is 49.6. The molecule has 0 saturated carbocycles. The fourth-order valence-electron chi connectivity index (χ4n) is 8.09. The van der Waals surface area contributed by atoms with Crippen LogP contribution in [-0.4, -0.2) is 208 Å². The van der Waals surface area contributed by atoms with Gasteiger partial charge in [-0.15, -0.1) is 0 Å². The second-order valence-electron chi connectivity index (χ2n) is 16.8. The van der Waals surface area contributed by atoms with Crippen LogP contribution < -0.4 is 20.9 Å². The Balaban J connectivity index is 0.000000190. The smallest absolute Gasteiger partial charge is 0.335 e. The van der Waals surface area contributed by atoms with Gasteiger partial charge in [0.2, 0.25) is 11.0 Å². The van der Waals surface area contributed by atoms with Crippen LogP contribution in [0.2, 0.25) is 5.15 Å². The number of benzene rings is 2. The molecule has 4 aromatic rings. The summed E-state index contributed by atoms with van der Waals surface area (Å²) in [6.45, 7) is 16.7. The van der Waals surface area contributed by atoms with Gasteiger partial charge in [0.1, 0.15) is 34.6 Å². The molecule has 0 spiro atoms. The molecule has 8 rings (SSSR count). The molecule has 4 aliphatic rings. The van der Waals surface area contributed by atoms with Crippen molar-refractivity contribution in [1.29, 1.82) is 0 Å². The number of hydrogen-bond donors (Lipinski definition) is 3. The Morgan fingerprint density at radius 1 is 0.600 bits per heavy atom. The van der Waals surface area contributed by atoms with Crippen LogP contribution in [0.1, 0.15) is 0 Å². The number of pyridine rings is 2. The molecule has 65 heavy (non-hydrogen) atoms. The number of hydrogen-bond acceptors (Lipinski definition) is 16. The monoisotopic (exact) mass is 934 g/mol. The Morgan fingerprint density at radius 3 is 1.42 bits per heavy atom. The van der Waals surface area contributed by atoms with Crippen molar-refractivity contribution in [3.63, 3.8) is 0 Å². The summed E-state index contributed by atoms with van der Waals surface area (Å²) in [4.78, 5) is 45.7. The Hall–Kier alpha value is -4.81. The number of nitrogens with zero attached hydrogens (tertiary/aromatic N) is 11. The van der Waals surface area contributed by atoms with Gasteiger partial charge in [0.25, 0.3) is 0 Å². The van der Waals surface area contributed by atoms with Gasteiger partial charge in [-0.05, 0) is 28.2 Å². The van der Waals surface area contributed by atoms with E-state index in [4.69, 9.17) is 11.6 Å². The van der Waals surface area contributed by atoms with Gasteiger partial charge < -0.3 is 40.4 Å². The highest BCUT2D eigenvalue weighted by Crippen LogP contribution is 2.42. The maximum atomic E-state index is 14.8. The van der Waals surface area contributed by atoms with Gasteiger partial charge in [-0.2, -0.15) is 0 Å². The Labute approximate surface area is 380 Å². The zero-order valence-corrected chi connectivity index (χ0v) is 38.1. The second kappa shape index (κ2) is 23.1. The fourth-order valence-corrected chi connectivity index (χ4v) is 8.34. The molecule has 0 unspecified atom stereocenters. The summed E-state index contributed by atoms with van der Waals surface area (Å²) in [5.41, 5.74) is -0.768. The third-order valence-electron chi connectivity index (χ3n) is 12.1. The van der Waals surface area contributed by atoms with Gasteiger partial charge in [0, 0.05) is 155 Å². The highest BCUT2D eigenvalue weighted by molar-refractivity contribution is 6.33. The van der Waals surface area contributed by atoms with Crippen LogP contribution in [0.4, 0.5) is 46.1 Å². The standard InChI is InChI=1S/C21H29F2N7O2.C16H18ClF2N5O2.C5H12N2/c1-26-5-9-28(10-6-26)4-3-24-19-18-16(23)13-15(22)14-17(18)25-21(20(19)30(31)32)29-11-7-27(2)8-12-29;1-22-4-6-23(7-5-22)3-2-20-14-13-11(19)8-10(18)9-12(13)21-16(17)15(14)24(25)26;1-7-4-2-6-3-5-7/h13-14H,3-12H2,1-2H3,(H,24,25);8-9H,2-7H2,1H3,(H,20,21);6H,2-5H2,1H3. The van der Waals surface area contributed by atoms with Gasteiger partial charge in [0.05, 0.1) is 31.7 Å². The molecule has 23 heteroatoms. The van der Waals surface area contributed by atoms with Crippen LogP contribution in [0.15, 0.2) is 24.3 Å². The maximum Gasteiger partial charge on any atom is 0.335 e. The molecule has 6 heterocycles. The Bertz CT molecular complexity index is 2270. The summed E-state index contributed by atoms with van der Waals surface area (Å²) in [5, 5.41) is 32.2. The number of fused-ring (bicyclic) bond motifs is 2. The van der Waals surface area contributed by atoms with Crippen LogP contribution in [0.25, 0.3) is 21.8 Å². The lowest BCUT2D eigenvalue weighted by atomic mass is 10.1. The number of aromatic nitrogens is 2. The average Bonchev–Trinajstić information content (AvgIpc) is 3.25. The highest BCUT2D eigenvalue weighted by Gasteiger charge is 2.32. The van der Waals surface area contributed by atoms with E-state index in [1.54, 1.807) is 0 Å². The number of halogens is 5. The molecule has 2 aromatic heterocycles. The minimum absolute atomic E-state index is 0.0469.